The molecule has 0 aliphatic rings. The van der Waals surface area contributed by atoms with Gasteiger partial charge in [-0.3, -0.25) is 0 Å². The molecule has 2 aromatic carbocycles. The van der Waals surface area contributed by atoms with Crippen molar-refractivity contribution in [1.29, 1.82) is 0 Å². The molecule has 0 fully saturated rings. The zero-order valence-electron chi connectivity index (χ0n) is 11.6. The number of aliphatic carboxylic acids is 1. The van der Waals surface area contributed by atoms with E-state index in [1.54, 1.807) is 20.8 Å². The third-order valence-electron chi connectivity index (χ3n) is 2.49. The number of carbonyl (C=O) groups excluding carboxylic acids is 1. The van der Waals surface area contributed by atoms with Crippen molar-refractivity contribution in [2.75, 3.05) is 0 Å². The lowest BCUT2D eigenvalue weighted by Gasteiger charge is -2.18. The summed E-state index contributed by atoms with van der Waals surface area (Å²) in [4.78, 5) is 9.91. The van der Waals surface area contributed by atoms with Gasteiger partial charge in [-0.15, -0.1) is 0 Å². The van der Waals surface area contributed by atoms with Crippen LogP contribution in [0.25, 0.3) is 11.1 Å². The molecule has 0 bridgehead atoms. The summed E-state index contributed by atoms with van der Waals surface area (Å²) in [6.45, 7) is 4.80. The van der Waals surface area contributed by atoms with Crippen LogP contribution in [-0.2, 0) is 4.79 Å². The molecule has 0 saturated heterocycles. The van der Waals surface area contributed by atoms with Gasteiger partial charge in [-0.2, -0.15) is 0 Å². The summed E-state index contributed by atoms with van der Waals surface area (Å²) >= 11 is 0. The number of carbonyl (C=O) groups is 1. The first kappa shape index (κ1) is 15.0. The molecule has 0 heterocycles. The highest BCUT2D eigenvalue weighted by atomic mass is 16.4. The Labute approximate surface area is 114 Å². The molecule has 100 valence electrons. The molecule has 0 saturated carbocycles. The molecule has 19 heavy (non-hydrogen) atoms. The highest BCUT2D eigenvalue weighted by Gasteiger charge is 2.09. The van der Waals surface area contributed by atoms with Gasteiger partial charge in [-0.25, -0.2) is 0 Å². The van der Waals surface area contributed by atoms with Gasteiger partial charge in [0.15, 0.2) is 0 Å². The minimum Gasteiger partial charge on any atom is -0.550 e. The van der Waals surface area contributed by atoms with Gasteiger partial charge in [0.1, 0.15) is 0 Å². The second kappa shape index (κ2) is 6.74. The van der Waals surface area contributed by atoms with Crippen molar-refractivity contribution in [1.82, 2.24) is 0 Å². The molecule has 0 amide bonds. The predicted octanol–water partition coefficient (Wildman–Crippen LogP) is 3.14. The summed E-state index contributed by atoms with van der Waals surface area (Å²) in [6.07, 6.45) is 0. The number of carboxylic acids is 1. The smallest absolute Gasteiger partial charge is 0.0467 e. The predicted molar refractivity (Wildman–Crippen MR) is 76.3 cm³/mol. The van der Waals surface area contributed by atoms with Crippen LogP contribution < -0.4 is 5.11 Å². The highest BCUT2D eigenvalue weighted by Crippen LogP contribution is 2.17. The van der Waals surface area contributed by atoms with E-state index in [1.165, 1.54) is 11.1 Å². The van der Waals surface area contributed by atoms with E-state index in [2.05, 4.69) is 48.5 Å². The maximum Gasteiger partial charge on any atom is 0.0467 e. The Hall–Kier alpha value is -2.09. The van der Waals surface area contributed by atoms with Crippen molar-refractivity contribution in [3.8, 4) is 11.1 Å². The summed E-state index contributed by atoms with van der Waals surface area (Å²) in [5.41, 5.74) is 1.86. The highest BCUT2D eigenvalue weighted by molar-refractivity contribution is 5.70. The van der Waals surface area contributed by atoms with Crippen molar-refractivity contribution in [3.63, 3.8) is 0 Å². The zero-order valence-corrected chi connectivity index (χ0v) is 11.6. The number of carboxylic acid groups (broad SMARTS) is 1. The third kappa shape index (κ3) is 5.38. The maximum atomic E-state index is 9.91. The minimum absolute atomic E-state index is 0.694. The van der Waals surface area contributed by atoms with Gasteiger partial charge in [0.2, 0.25) is 0 Å². The topological polar surface area (TPSA) is 40.1 Å². The first-order valence-electron chi connectivity index (χ1n) is 6.23. The van der Waals surface area contributed by atoms with Crippen molar-refractivity contribution >= 4 is 5.97 Å². The summed E-state index contributed by atoms with van der Waals surface area (Å²) in [5, 5.41) is 9.91. The molecular weight excluding hydrogens is 236 g/mol. The fraction of sp³-hybridized carbons (Fsp3) is 0.235. The quantitative estimate of drug-likeness (QED) is 0.785. The summed E-state index contributed by atoms with van der Waals surface area (Å²) in [6, 6.07) is 20.8. The van der Waals surface area contributed by atoms with Crippen LogP contribution in [0.5, 0.6) is 0 Å². The van der Waals surface area contributed by atoms with Crippen LogP contribution in [0.1, 0.15) is 20.8 Å². The number of benzene rings is 2. The summed E-state index contributed by atoms with van der Waals surface area (Å²) in [7, 11) is 0. The van der Waals surface area contributed by atoms with Crippen LogP contribution in [0.4, 0.5) is 0 Å². The van der Waals surface area contributed by atoms with Gasteiger partial charge in [0.25, 0.3) is 0 Å². The van der Waals surface area contributed by atoms with Crippen molar-refractivity contribution in [3.05, 3.63) is 60.7 Å². The maximum absolute atomic E-state index is 9.91. The molecule has 0 radical (unpaired) electrons. The van der Waals surface area contributed by atoms with Crippen LogP contribution in [-0.4, -0.2) is 5.97 Å². The third-order valence-corrected chi connectivity index (χ3v) is 2.49. The van der Waals surface area contributed by atoms with Gasteiger partial charge in [-0.05, 0) is 11.1 Å². The monoisotopic (exact) mass is 255 g/mol. The van der Waals surface area contributed by atoms with E-state index in [0.29, 0.717) is 0 Å². The Bertz CT molecular complexity index is 458. The van der Waals surface area contributed by atoms with E-state index in [9.17, 15) is 9.90 Å². The summed E-state index contributed by atoms with van der Waals surface area (Å²) in [5.74, 6) is -1.01. The molecule has 0 aliphatic carbocycles. The van der Waals surface area contributed by atoms with Gasteiger partial charge in [0, 0.05) is 11.4 Å². The first-order chi connectivity index (χ1) is 8.91. The lowest BCUT2D eigenvalue weighted by Crippen LogP contribution is -2.35. The first-order valence-corrected chi connectivity index (χ1v) is 6.23. The summed E-state index contributed by atoms with van der Waals surface area (Å²) < 4.78 is 0. The molecule has 0 atom stereocenters. The lowest BCUT2D eigenvalue weighted by molar-refractivity contribution is -0.316. The Balaban J connectivity index is 0.000000224. The zero-order chi connectivity index (χ0) is 14.3. The molecule has 0 N–H and O–H groups in total. The van der Waals surface area contributed by atoms with E-state index in [1.807, 2.05) is 12.1 Å². The molecule has 0 aromatic heterocycles. The fourth-order valence-corrected chi connectivity index (χ4v) is 1.26. The molecule has 2 nitrogen and oxygen atoms in total. The minimum atomic E-state index is -1.01. The van der Waals surface area contributed by atoms with E-state index in [-0.39, 0.29) is 0 Å². The van der Waals surface area contributed by atoms with Crippen molar-refractivity contribution in [2.24, 2.45) is 5.41 Å². The molecule has 0 spiro atoms. The second-order valence-corrected chi connectivity index (χ2v) is 5.27. The molecule has 2 rings (SSSR count). The Morgan fingerprint density at radius 2 is 1.05 bits per heavy atom. The lowest BCUT2D eigenvalue weighted by atomic mass is 9.98. The Kier molecular flexibility index (Phi) is 5.31. The molecule has 0 aliphatic heterocycles. The second-order valence-electron chi connectivity index (χ2n) is 5.27. The molecule has 2 heteroatoms. The number of rotatable bonds is 1. The van der Waals surface area contributed by atoms with Crippen LogP contribution in [0.3, 0.4) is 0 Å². The van der Waals surface area contributed by atoms with Crippen molar-refractivity contribution in [2.45, 2.75) is 20.8 Å². The van der Waals surface area contributed by atoms with E-state index in [0.717, 1.165) is 0 Å². The van der Waals surface area contributed by atoms with Gasteiger partial charge >= 0.3 is 0 Å². The van der Waals surface area contributed by atoms with Crippen LogP contribution in [0, 0.1) is 5.41 Å². The van der Waals surface area contributed by atoms with Gasteiger partial charge in [0.05, 0.1) is 0 Å². The molecule has 0 unspecified atom stereocenters. The van der Waals surface area contributed by atoms with Crippen LogP contribution >= 0.6 is 0 Å². The number of hydrogen-bond acceptors (Lipinski definition) is 2. The average Bonchev–Trinajstić information content (AvgIpc) is 2.40. The largest absolute Gasteiger partial charge is 0.550 e. The normalized spacial score (nSPS) is 10.3. The SMILES string of the molecule is CC(C)(C)C(=O)[O-].c1ccc(-c2ccccc2)cc1. The van der Waals surface area contributed by atoms with Gasteiger partial charge < -0.3 is 9.90 Å². The van der Waals surface area contributed by atoms with E-state index in [4.69, 9.17) is 0 Å². The van der Waals surface area contributed by atoms with Crippen molar-refractivity contribution < 1.29 is 9.90 Å². The average molecular weight is 255 g/mol. The Morgan fingerprint density at radius 3 is 1.26 bits per heavy atom. The van der Waals surface area contributed by atoms with Crippen LogP contribution in [0.15, 0.2) is 60.7 Å². The number of hydrogen-bond donors (Lipinski definition) is 0. The van der Waals surface area contributed by atoms with Gasteiger partial charge in [-0.1, -0.05) is 81.4 Å². The Morgan fingerprint density at radius 1 is 0.789 bits per heavy atom. The standard InChI is InChI=1S/C12H10.C5H10O2/c1-3-7-11(8-4-1)12-9-5-2-6-10-12;1-5(2,3)4(6)7/h1-10H;1-3H3,(H,6,7)/p-1. The van der Waals surface area contributed by atoms with E-state index >= 15 is 0 Å². The fourth-order valence-electron chi connectivity index (χ4n) is 1.26. The molecule has 2 aromatic rings. The van der Waals surface area contributed by atoms with Crippen LogP contribution in [0.2, 0.25) is 0 Å². The van der Waals surface area contributed by atoms with E-state index < -0.39 is 11.4 Å². The molecular formula is C17H19O2-.